The summed E-state index contributed by atoms with van der Waals surface area (Å²) in [7, 11) is 0. The van der Waals surface area contributed by atoms with Crippen molar-refractivity contribution in [2.75, 3.05) is 5.32 Å². The quantitative estimate of drug-likeness (QED) is 0.679. The van der Waals surface area contributed by atoms with Gasteiger partial charge in [0.15, 0.2) is 4.67 Å². The average molecular weight is 446 g/mol. The van der Waals surface area contributed by atoms with E-state index in [1.807, 2.05) is 0 Å². The minimum Gasteiger partial charge on any atom is -0.451 e. The topological polar surface area (TPSA) is 25.2 Å². The molecular formula is C11H6Br3F2NO. The van der Waals surface area contributed by atoms with E-state index in [1.54, 1.807) is 6.07 Å². The fourth-order valence-corrected chi connectivity index (χ4v) is 2.57. The van der Waals surface area contributed by atoms with E-state index < -0.39 is 11.6 Å². The van der Waals surface area contributed by atoms with Gasteiger partial charge in [-0.15, -0.1) is 0 Å². The van der Waals surface area contributed by atoms with Gasteiger partial charge in [-0.25, -0.2) is 8.78 Å². The molecule has 2 aromatic rings. The molecule has 96 valence electrons. The van der Waals surface area contributed by atoms with E-state index in [-0.39, 0.29) is 12.2 Å². The van der Waals surface area contributed by atoms with Gasteiger partial charge >= 0.3 is 0 Å². The predicted molar refractivity (Wildman–Crippen MR) is 75.5 cm³/mol. The molecule has 0 aliphatic rings. The number of hydrogen-bond acceptors (Lipinski definition) is 2. The minimum atomic E-state index is -0.661. The highest BCUT2D eigenvalue weighted by Crippen LogP contribution is 2.30. The second kappa shape index (κ2) is 5.71. The van der Waals surface area contributed by atoms with Gasteiger partial charge in [-0.3, -0.25) is 0 Å². The molecule has 0 saturated heterocycles. The summed E-state index contributed by atoms with van der Waals surface area (Å²) >= 11 is 9.59. The van der Waals surface area contributed by atoms with Crippen LogP contribution >= 0.6 is 47.8 Å². The largest absolute Gasteiger partial charge is 0.451 e. The Bertz CT molecular complexity index is 543. The first kappa shape index (κ1) is 14.0. The van der Waals surface area contributed by atoms with Crippen LogP contribution in [0, 0.1) is 11.6 Å². The van der Waals surface area contributed by atoms with Crippen molar-refractivity contribution in [3.8, 4) is 0 Å². The van der Waals surface area contributed by atoms with Gasteiger partial charge in [0.05, 0.1) is 16.7 Å². The predicted octanol–water partition coefficient (Wildman–Crippen LogP) is 5.46. The number of hydrogen-bond donors (Lipinski definition) is 1. The molecule has 0 fully saturated rings. The zero-order valence-corrected chi connectivity index (χ0v) is 13.5. The molecule has 0 aliphatic carbocycles. The van der Waals surface area contributed by atoms with Crippen LogP contribution in [0.15, 0.2) is 36.2 Å². The van der Waals surface area contributed by atoms with E-state index in [0.29, 0.717) is 14.9 Å². The van der Waals surface area contributed by atoms with Gasteiger partial charge in [-0.2, -0.15) is 0 Å². The van der Waals surface area contributed by atoms with Crippen molar-refractivity contribution in [2.45, 2.75) is 6.54 Å². The van der Waals surface area contributed by atoms with Crippen molar-refractivity contribution < 1.29 is 13.2 Å². The number of benzene rings is 1. The molecular weight excluding hydrogens is 440 g/mol. The molecule has 1 aromatic heterocycles. The molecule has 0 amide bonds. The van der Waals surface area contributed by atoms with Gasteiger partial charge in [-0.05, 0) is 59.9 Å². The number of anilines is 1. The molecule has 0 atom stereocenters. The van der Waals surface area contributed by atoms with Crippen LogP contribution in [0.25, 0.3) is 0 Å². The van der Waals surface area contributed by atoms with E-state index in [4.69, 9.17) is 4.42 Å². The van der Waals surface area contributed by atoms with Crippen molar-refractivity contribution in [2.24, 2.45) is 0 Å². The summed E-state index contributed by atoms with van der Waals surface area (Å²) in [5.74, 6) is -0.677. The molecule has 0 aliphatic heterocycles. The van der Waals surface area contributed by atoms with Crippen molar-refractivity contribution in [3.05, 3.63) is 49.2 Å². The summed E-state index contributed by atoms with van der Waals surface area (Å²) in [6.07, 6.45) is 0. The lowest BCUT2D eigenvalue weighted by atomic mass is 10.3. The van der Waals surface area contributed by atoms with E-state index in [1.165, 1.54) is 6.07 Å². The lowest BCUT2D eigenvalue weighted by Gasteiger charge is -2.08. The number of nitrogens with one attached hydrogen (secondary N) is 1. The molecule has 0 unspecified atom stereocenters. The summed E-state index contributed by atoms with van der Waals surface area (Å²) < 4.78 is 33.4. The SMILES string of the molecule is Fc1cc(F)c(NCc2cc(Br)c(Br)o2)c(Br)c1. The maximum atomic E-state index is 13.5. The van der Waals surface area contributed by atoms with Crippen molar-refractivity contribution in [1.82, 2.24) is 0 Å². The van der Waals surface area contributed by atoms with Crippen LogP contribution in [0.2, 0.25) is 0 Å². The molecule has 0 bridgehead atoms. The molecule has 0 radical (unpaired) electrons. The molecule has 1 aromatic carbocycles. The molecule has 0 saturated carbocycles. The number of furan rings is 1. The Hall–Kier alpha value is -0.400. The highest BCUT2D eigenvalue weighted by molar-refractivity contribution is 9.13. The van der Waals surface area contributed by atoms with Crippen LogP contribution in [-0.2, 0) is 6.54 Å². The summed E-state index contributed by atoms with van der Waals surface area (Å²) in [4.78, 5) is 0. The van der Waals surface area contributed by atoms with Gasteiger partial charge in [-0.1, -0.05) is 0 Å². The third-order valence-corrected chi connectivity index (χ3v) is 4.48. The Morgan fingerprint density at radius 1 is 1.06 bits per heavy atom. The van der Waals surface area contributed by atoms with Gasteiger partial charge in [0.25, 0.3) is 0 Å². The summed E-state index contributed by atoms with van der Waals surface area (Å²) in [5.41, 5.74) is 0.194. The third-order valence-electron chi connectivity index (χ3n) is 2.14. The first-order valence-corrected chi connectivity index (χ1v) is 7.17. The summed E-state index contributed by atoms with van der Waals surface area (Å²) in [5, 5.41) is 2.84. The smallest absolute Gasteiger partial charge is 0.183 e. The molecule has 1 N–H and O–H groups in total. The average Bonchev–Trinajstić information content (AvgIpc) is 2.56. The highest BCUT2D eigenvalue weighted by atomic mass is 79.9. The Morgan fingerprint density at radius 2 is 1.78 bits per heavy atom. The van der Waals surface area contributed by atoms with E-state index in [2.05, 4.69) is 53.1 Å². The summed E-state index contributed by atoms with van der Waals surface area (Å²) in [6, 6.07) is 3.77. The third kappa shape index (κ3) is 3.13. The normalized spacial score (nSPS) is 10.7. The number of halogens is 5. The lowest BCUT2D eigenvalue weighted by Crippen LogP contribution is -2.02. The van der Waals surface area contributed by atoms with Crippen molar-refractivity contribution >= 4 is 53.5 Å². The van der Waals surface area contributed by atoms with Crippen LogP contribution in [0.3, 0.4) is 0 Å². The molecule has 1 heterocycles. The molecule has 0 spiro atoms. The minimum absolute atomic E-state index is 0.194. The van der Waals surface area contributed by atoms with E-state index >= 15 is 0 Å². The van der Waals surface area contributed by atoms with Crippen LogP contribution in [0.4, 0.5) is 14.5 Å². The fraction of sp³-hybridized carbons (Fsp3) is 0.0909. The second-order valence-corrected chi connectivity index (χ2v) is 5.86. The zero-order valence-electron chi connectivity index (χ0n) is 8.74. The monoisotopic (exact) mass is 443 g/mol. The van der Waals surface area contributed by atoms with Crippen LogP contribution in [0.1, 0.15) is 5.76 Å². The summed E-state index contributed by atoms with van der Waals surface area (Å²) in [6.45, 7) is 0.283. The lowest BCUT2D eigenvalue weighted by molar-refractivity contribution is 0.493. The second-order valence-electron chi connectivity index (χ2n) is 3.43. The van der Waals surface area contributed by atoms with Crippen LogP contribution in [-0.4, -0.2) is 0 Å². The molecule has 2 nitrogen and oxygen atoms in total. The molecule has 2 rings (SSSR count). The standard InChI is InChI=1S/C11H6Br3F2NO/c12-7-1-5(15)2-9(16)10(7)17-4-6-3-8(13)11(14)18-6/h1-3,17H,4H2. The van der Waals surface area contributed by atoms with Crippen LogP contribution in [0.5, 0.6) is 0 Å². The van der Waals surface area contributed by atoms with Gasteiger partial charge in [0.2, 0.25) is 0 Å². The maximum absolute atomic E-state index is 13.5. The zero-order chi connectivity index (χ0) is 13.3. The first-order chi connectivity index (χ1) is 8.47. The van der Waals surface area contributed by atoms with E-state index in [0.717, 1.165) is 10.5 Å². The Labute approximate surface area is 127 Å². The Morgan fingerprint density at radius 3 is 2.33 bits per heavy atom. The van der Waals surface area contributed by atoms with Gasteiger partial charge < -0.3 is 9.73 Å². The maximum Gasteiger partial charge on any atom is 0.183 e. The van der Waals surface area contributed by atoms with E-state index in [9.17, 15) is 8.78 Å². The van der Waals surface area contributed by atoms with Gasteiger partial charge in [0, 0.05) is 10.5 Å². The Kier molecular flexibility index (Phi) is 4.45. The van der Waals surface area contributed by atoms with Crippen molar-refractivity contribution in [3.63, 3.8) is 0 Å². The highest BCUT2D eigenvalue weighted by Gasteiger charge is 2.11. The Balaban J connectivity index is 2.15. The molecule has 7 heteroatoms. The van der Waals surface area contributed by atoms with Gasteiger partial charge in [0.1, 0.15) is 17.4 Å². The number of rotatable bonds is 3. The van der Waals surface area contributed by atoms with Crippen LogP contribution < -0.4 is 5.32 Å². The first-order valence-electron chi connectivity index (χ1n) is 4.79. The fourth-order valence-electron chi connectivity index (χ4n) is 1.37. The molecule has 18 heavy (non-hydrogen) atoms. The van der Waals surface area contributed by atoms with Crippen molar-refractivity contribution in [1.29, 1.82) is 0 Å².